The van der Waals surface area contributed by atoms with Gasteiger partial charge in [0.1, 0.15) is 6.10 Å². The molecular formula is C14H14ClN7O2S2. The molecule has 1 aromatic carbocycles. The predicted octanol–water partition coefficient (Wildman–Crippen LogP) is 1.33. The van der Waals surface area contributed by atoms with Gasteiger partial charge in [0.25, 0.3) is 0 Å². The first-order chi connectivity index (χ1) is 12.5. The van der Waals surface area contributed by atoms with Gasteiger partial charge in [-0.25, -0.2) is 4.68 Å². The van der Waals surface area contributed by atoms with E-state index in [1.807, 2.05) is 12.1 Å². The molecule has 0 aliphatic carbocycles. The molecule has 2 aromatic rings. The van der Waals surface area contributed by atoms with Crippen molar-refractivity contribution in [2.45, 2.75) is 24.9 Å². The number of fused-ring (bicyclic) bond motifs is 2. The third-order valence-corrected chi connectivity index (χ3v) is 4.83. The summed E-state index contributed by atoms with van der Waals surface area (Å²) in [7, 11) is 0. The smallest absolute Gasteiger partial charge is 0.221 e. The lowest BCUT2D eigenvalue weighted by atomic mass is 10.0. The second-order valence-corrected chi connectivity index (χ2v) is 7.03. The minimum absolute atomic E-state index is 0.0689. The lowest BCUT2D eigenvalue weighted by Gasteiger charge is -2.27. The molecule has 2 saturated heterocycles. The number of tetrazole rings is 1. The van der Waals surface area contributed by atoms with Crippen molar-refractivity contribution < 1.29 is 9.47 Å². The highest BCUT2D eigenvalue weighted by Crippen LogP contribution is 2.33. The fourth-order valence-corrected chi connectivity index (χ4v) is 3.40. The Kier molecular flexibility index (Phi) is 4.71. The third kappa shape index (κ3) is 3.23. The molecular weight excluding hydrogens is 398 g/mol. The number of thiocarbonyl (C=S) groups is 1. The minimum atomic E-state index is -0.515. The Hall–Kier alpha value is -1.92. The molecule has 2 aliphatic heterocycles. The van der Waals surface area contributed by atoms with Crippen LogP contribution in [0.5, 0.6) is 0 Å². The second-order valence-electron chi connectivity index (χ2n) is 5.78. The van der Waals surface area contributed by atoms with E-state index in [0.29, 0.717) is 28.5 Å². The molecule has 3 atom stereocenters. The van der Waals surface area contributed by atoms with Gasteiger partial charge in [-0.1, -0.05) is 11.6 Å². The van der Waals surface area contributed by atoms with E-state index in [1.165, 1.54) is 0 Å². The molecule has 136 valence electrons. The summed E-state index contributed by atoms with van der Waals surface area (Å²) in [5.41, 5.74) is 9.41. The summed E-state index contributed by atoms with van der Waals surface area (Å²) in [6, 6.07) is 6.98. The van der Waals surface area contributed by atoms with E-state index in [0.717, 1.165) is 5.69 Å². The summed E-state index contributed by atoms with van der Waals surface area (Å²) in [5.74, 6) is 0. The number of nitrogens with two attached hydrogens (primary N) is 1. The van der Waals surface area contributed by atoms with E-state index in [9.17, 15) is 0 Å². The quantitative estimate of drug-likeness (QED) is 0.575. The number of nitrogens with zero attached hydrogens (tertiary/aromatic N) is 5. The first kappa shape index (κ1) is 17.5. The molecule has 0 radical (unpaired) electrons. The van der Waals surface area contributed by atoms with Gasteiger partial charge in [-0.15, -0.1) is 0 Å². The summed E-state index contributed by atoms with van der Waals surface area (Å²) < 4.78 is 15.1. The van der Waals surface area contributed by atoms with Crippen molar-refractivity contribution in [1.82, 2.24) is 25.2 Å². The Balaban J connectivity index is 1.65. The van der Waals surface area contributed by atoms with Crippen LogP contribution in [-0.2, 0) is 9.47 Å². The average molecular weight is 412 g/mol. The van der Waals surface area contributed by atoms with Crippen LogP contribution in [0.3, 0.4) is 0 Å². The number of nitrogens with one attached hydrogen (secondary N) is 1. The molecule has 4 rings (SSSR count). The monoisotopic (exact) mass is 411 g/mol. The number of hydrazone groups is 1. The molecule has 9 nitrogen and oxygen atoms in total. The first-order valence-electron chi connectivity index (χ1n) is 7.72. The van der Waals surface area contributed by atoms with Crippen molar-refractivity contribution in [3.8, 4) is 5.69 Å². The van der Waals surface area contributed by atoms with E-state index < -0.39 is 6.29 Å². The maximum atomic E-state index is 5.93. The molecule has 2 fully saturated rings. The van der Waals surface area contributed by atoms with Crippen molar-refractivity contribution >= 4 is 46.9 Å². The van der Waals surface area contributed by atoms with Gasteiger partial charge < -0.3 is 15.2 Å². The predicted molar refractivity (Wildman–Crippen MR) is 101 cm³/mol. The van der Waals surface area contributed by atoms with Crippen LogP contribution >= 0.6 is 36.0 Å². The normalized spacial score (nSPS) is 26.2. The summed E-state index contributed by atoms with van der Waals surface area (Å²) in [4.78, 5) is 0. The van der Waals surface area contributed by atoms with Crippen LogP contribution in [-0.4, -0.2) is 49.6 Å². The summed E-state index contributed by atoms with van der Waals surface area (Å²) >= 11 is 16.3. The molecule has 3 heterocycles. The molecule has 2 aliphatic rings. The lowest BCUT2D eigenvalue weighted by Crippen LogP contribution is -2.39. The molecule has 1 aromatic heterocycles. The number of benzene rings is 1. The number of hydrogen-bond acceptors (Lipinski definition) is 7. The van der Waals surface area contributed by atoms with Crippen molar-refractivity contribution in [3.05, 3.63) is 34.1 Å². The molecule has 2 bridgehead atoms. The van der Waals surface area contributed by atoms with E-state index in [2.05, 4.69) is 21.0 Å². The van der Waals surface area contributed by atoms with Crippen molar-refractivity contribution in [2.24, 2.45) is 10.8 Å². The van der Waals surface area contributed by atoms with Crippen LogP contribution in [0.1, 0.15) is 12.5 Å². The molecule has 0 spiro atoms. The van der Waals surface area contributed by atoms with Crippen LogP contribution in [0, 0.1) is 4.77 Å². The number of rotatable bonds is 3. The lowest BCUT2D eigenvalue weighted by molar-refractivity contribution is -0.0324. The Morgan fingerprint density at radius 1 is 1.35 bits per heavy atom. The van der Waals surface area contributed by atoms with Crippen molar-refractivity contribution in [1.29, 1.82) is 0 Å². The SMILES string of the molecule is NC(=S)N/N=C1/C[C@@H](n2nnn(-c3ccc(Cl)cc3)c2=S)[C@@H]2CO[C@H]1O2. The molecule has 26 heavy (non-hydrogen) atoms. The molecule has 0 amide bonds. The fraction of sp³-hybridized carbons (Fsp3) is 0.357. The summed E-state index contributed by atoms with van der Waals surface area (Å²) in [6.07, 6.45) is -0.178. The van der Waals surface area contributed by atoms with E-state index >= 15 is 0 Å². The van der Waals surface area contributed by atoms with Gasteiger partial charge >= 0.3 is 0 Å². The van der Waals surface area contributed by atoms with Crippen LogP contribution in [0.4, 0.5) is 0 Å². The molecule has 3 N–H and O–H groups in total. The standard InChI is InChI=1S/C14H14ClN7O2S2/c15-7-1-3-8(4-2-7)21-14(26)22(20-19-21)10-5-9(17-18-13(16)25)12-23-6-11(10)24-12/h1-4,10-12H,5-6H2,(H3,16,18,25)/b17-9-/t10-,11+,12+/m1/s1. The number of hydrogen-bond donors (Lipinski definition) is 2. The van der Waals surface area contributed by atoms with Gasteiger partial charge in [-0.3, -0.25) is 5.43 Å². The van der Waals surface area contributed by atoms with Gasteiger partial charge in [0, 0.05) is 11.4 Å². The average Bonchev–Trinajstić information content (AvgIpc) is 3.20. The minimum Gasteiger partial charge on any atom is -0.375 e. The highest BCUT2D eigenvalue weighted by atomic mass is 35.5. The first-order valence-corrected chi connectivity index (χ1v) is 8.92. The van der Waals surface area contributed by atoms with Gasteiger partial charge in [-0.2, -0.15) is 9.78 Å². The number of ether oxygens (including phenoxy) is 2. The highest BCUT2D eigenvalue weighted by Gasteiger charge is 2.44. The fourth-order valence-electron chi connectivity index (χ4n) is 2.92. The third-order valence-electron chi connectivity index (χ3n) is 4.13. The maximum absolute atomic E-state index is 5.93. The molecule has 12 heteroatoms. The Morgan fingerprint density at radius 2 is 2.12 bits per heavy atom. The largest absolute Gasteiger partial charge is 0.375 e. The highest BCUT2D eigenvalue weighted by molar-refractivity contribution is 7.80. The Labute approximate surface area is 163 Å². The topological polar surface area (TPSA) is 105 Å². The molecule has 0 saturated carbocycles. The van der Waals surface area contributed by atoms with Gasteiger partial charge in [0.05, 0.1) is 24.0 Å². The zero-order valence-corrected chi connectivity index (χ0v) is 15.7. The van der Waals surface area contributed by atoms with Gasteiger partial charge in [0.2, 0.25) is 4.77 Å². The van der Waals surface area contributed by atoms with Crippen LogP contribution < -0.4 is 11.2 Å². The van der Waals surface area contributed by atoms with E-state index in [1.54, 1.807) is 21.5 Å². The number of aromatic nitrogens is 4. The van der Waals surface area contributed by atoms with Crippen molar-refractivity contribution in [3.63, 3.8) is 0 Å². The van der Waals surface area contributed by atoms with E-state index in [-0.39, 0.29) is 17.3 Å². The van der Waals surface area contributed by atoms with Crippen molar-refractivity contribution in [2.75, 3.05) is 6.61 Å². The zero-order chi connectivity index (χ0) is 18.3. The number of halogens is 1. The zero-order valence-electron chi connectivity index (χ0n) is 13.3. The maximum Gasteiger partial charge on any atom is 0.221 e. The van der Waals surface area contributed by atoms with E-state index in [4.69, 9.17) is 51.2 Å². The summed E-state index contributed by atoms with van der Waals surface area (Å²) in [5, 5.41) is 13.3. The Morgan fingerprint density at radius 3 is 2.85 bits per heavy atom. The van der Waals surface area contributed by atoms with Gasteiger partial charge in [-0.05, 0) is 59.1 Å². The van der Waals surface area contributed by atoms with Crippen LogP contribution in [0.2, 0.25) is 5.02 Å². The van der Waals surface area contributed by atoms with Gasteiger partial charge in [0.15, 0.2) is 11.4 Å². The second kappa shape index (κ2) is 7.00. The van der Waals surface area contributed by atoms with Crippen LogP contribution in [0.25, 0.3) is 5.69 Å². The van der Waals surface area contributed by atoms with Crippen LogP contribution in [0.15, 0.2) is 29.4 Å². The Bertz CT molecular complexity index is 926. The molecule has 0 unspecified atom stereocenters. The summed E-state index contributed by atoms with van der Waals surface area (Å²) in [6.45, 7) is 0.414.